The highest BCUT2D eigenvalue weighted by Crippen LogP contribution is 2.27. The van der Waals surface area contributed by atoms with E-state index in [9.17, 15) is 0 Å². The second-order valence-electron chi connectivity index (χ2n) is 5.07. The lowest BCUT2D eigenvalue weighted by Crippen LogP contribution is -2.07. The lowest BCUT2D eigenvalue weighted by Gasteiger charge is -2.12. The normalized spacial score (nSPS) is 11.2. The van der Waals surface area contributed by atoms with E-state index in [2.05, 4.69) is 48.9 Å². The van der Waals surface area contributed by atoms with Crippen molar-refractivity contribution in [2.24, 2.45) is 0 Å². The smallest absolute Gasteiger partial charge is 0.0727 e. The first kappa shape index (κ1) is 15.0. The second kappa shape index (κ2) is 6.84. The van der Waals surface area contributed by atoms with Crippen LogP contribution >= 0.6 is 11.8 Å². The Morgan fingerprint density at radius 1 is 1.25 bits per heavy atom. The first-order chi connectivity index (χ1) is 9.63. The maximum Gasteiger partial charge on any atom is 0.0727 e. The Kier molecular flexibility index (Phi) is 5.12. The lowest BCUT2D eigenvalue weighted by atomic mass is 10.2. The molecule has 1 heterocycles. The molecule has 1 aromatic carbocycles. The molecule has 2 N–H and O–H groups in total. The van der Waals surface area contributed by atoms with Crippen LogP contribution < -0.4 is 5.73 Å². The number of thioether (sulfide) groups is 1. The standard InChI is InChI=1S/C16H23N3S/c1-4-15(5-2)19-9-8-14(18-19)11-20-16-7-6-13(17)10-12(16)3/h6-10,15H,4-5,11,17H2,1-3H3. The van der Waals surface area contributed by atoms with Gasteiger partial charge in [-0.05, 0) is 49.6 Å². The summed E-state index contributed by atoms with van der Waals surface area (Å²) in [6.07, 6.45) is 4.35. The summed E-state index contributed by atoms with van der Waals surface area (Å²) in [5.74, 6) is 0.901. The fourth-order valence-corrected chi connectivity index (χ4v) is 3.21. The molecule has 0 aliphatic heterocycles. The predicted molar refractivity (Wildman–Crippen MR) is 87.0 cm³/mol. The molecule has 0 saturated carbocycles. The van der Waals surface area contributed by atoms with Crippen LogP contribution in [0.4, 0.5) is 5.69 Å². The molecule has 2 aromatic rings. The maximum atomic E-state index is 5.78. The van der Waals surface area contributed by atoms with Crippen LogP contribution in [0.5, 0.6) is 0 Å². The highest BCUT2D eigenvalue weighted by atomic mass is 32.2. The molecule has 4 heteroatoms. The summed E-state index contributed by atoms with van der Waals surface area (Å²) in [4.78, 5) is 1.27. The van der Waals surface area contributed by atoms with Crippen molar-refractivity contribution in [1.82, 2.24) is 9.78 Å². The van der Waals surface area contributed by atoms with Gasteiger partial charge in [0, 0.05) is 22.5 Å². The van der Waals surface area contributed by atoms with E-state index in [1.165, 1.54) is 10.5 Å². The Morgan fingerprint density at radius 3 is 2.65 bits per heavy atom. The number of nitrogens with two attached hydrogens (primary N) is 1. The molecule has 108 valence electrons. The van der Waals surface area contributed by atoms with Gasteiger partial charge in [0.2, 0.25) is 0 Å². The molecule has 20 heavy (non-hydrogen) atoms. The van der Waals surface area contributed by atoms with Crippen molar-refractivity contribution >= 4 is 17.4 Å². The minimum atomic E-state index is 0.520. The first-order valence-corrected chi connectivity index (χ1v) is 8.15. The lowest BCUT2D eigenvalue weighted by molar-refractivity contribution is 0.426. The van der Waals surface area contributed by atoms with Crippen molar-refractivity contribution in [1.29, 1.82) is 0 Å². The van der Waals surface area contributed by atoms with E-state index in [0.29, 0.717) is 6.04 Å². The molecule has 0 unspecified atom stereocenters. The number of nitrogens with zero attached hydrogens (tertiary/aromatic N) is 2. The number of hydrogen-bond donors (Lipinski definition) is 1. The molecular weight excluding hydrogens is 266 g/mol. The van der Waals surface area contributed by atoms with E-state index < -0.39 is 0 Å². The average Bonchev–Trinajstić information content (AvgIpc) is 2.88. The molecule has 0 amide bonds. The van der Waals surface area contributed by atoms with E-state index in [-0.39, 0.29) is 0 Å². The molecule has 0 aliphatic rings. The fraction of sp³-hybridized carbons (Fsp3) is 0.438. The Morgan fingerprint density at radius 2 is 2.00 bits per heavy atom. The summed E-state index contributed by atoms with van der Waals surface area (Å²) in [5, 5.41) is 4.69. The van der Waals surface area contributed by atoms with Gasteiger partial charge < -0.3 is 5.73 Å². The third-order valence-electron chi connectivity index (χ3n) is 3.55. The highest BCUT2D eigenvalue weighted by molar-refractivity contribution is 7.98. The van der Waals surface area contributed by atoms with Crippen molar-refractivity contribution in [2.75, 3.05) is 5.73 Å². The second-order valence-corrected chi connectivity index (χ2v) is 6.09. The van der Waals surface area contributed by atoms with Crippen LogP contribution in [0.15, 0.2) is 35.4 Å². The predicted octanol–water partition coefficient (Wildman–Crippen LogP) is 4.43. The number of nitrogen functional groups attached to an aromatic ring is 1. The monoisotopic (exact) mass is 289 g/mol. The van der Waals surface area contributed by atoms with Gasteiger partial charge in [-0.1, -0.05) is 13.8 Å². The van der Waals surface area contributed by atoms with Gasteiger partial charge in [-0.2, -0.15) is 5.10 Å². The zero-order chi connectivity index (χ0) is 14.5. The van der Waals surface area contributed by atoms with Gasteiger partial charge in [0.05, 0.1) is 11.7 Å². The van der Waals surface area contributed by atoms with Crippen LogP contribution in [0.3, 0.4) is 0 Å². The molecule has 0 atom stereocenters. The minimum Gasteiger partial charge on any atom is -0.399 e. The molecular formula is C16H23N3S. The number of benzene rings is 1. The van der Waals surface area contributed by atoms with Crippen molar-refractivity contribution in [3.8, 4) is 0 Å². The Hall–Kier alpha value is -1.42. The number of anilines is 1. The van der Waals surface area contributed by atoms with Gasteiger partial charge in [0.25, 0.3) is 0 Å². The summed E-state index contributed by atoms with van der Waals surface area (Å²) in [7, 11) is 0. The van der Waals surface area contributed by atoms with Gasteiger partial charge >= 0.3 is 0 Å². The van der Waals surface area contributed by atoms with Crippen LogP contribution in [-0.2, 0) is 5.75 Å². The summed E-state index contributed by atoms with van der Waals surface area (Å²) in [6, 6.07) is 8.71. The number of hydrogen-bond acceptors (Lipinski definition) is 3. The first-order valence-electron chi connectivity index (χ1n) is 7.17. The van der Waals surface area contributed by atoms with E-state index in [4.69, 9.17) is 5.73 Å². The zero-order valence-electron chi connectivity index (χ0n) is 12.5. The Bertz CT molecular complexity index is 559. The molecule has 2 rings (SSSR count). The Balaban J connectivity index is 2.00. The van der Waals surface area contributed by atoms with Crippen LogP contribution in [0.1, 0.15) is 44.0 Å². The quantitative estimate of drug-likeness (QED) is 0.632. The molecule has 0 saturated heterocycles. The molecule has 1 aromatic heterocycles. The minimum absolute atomic E-state index is 0.520. The van der Waals surface area contributed by atoms with Gasteiger partial charge in [0.1, 0.15) is 0 Å². The van der Waals surface area contributed by atoms with Gasteiger partial charge in [-0.3, -0.25) is 4.68 Å². The van der Waals surface area contributed by atoms with Crippen molar-refractivity contribution in [2.45, 2.75) is 50.3 Å². The van der Waals surface area contributed by atoms with Gasteiger partial charge in [-0.15, -0.1) is 11.8 Å². The molecule has 0 fully saturated rings. The molecule has 0 radical (unpaired) electrons. The summed E-state index contributed by atoms with van der Waals surface area (Å²) >= 11 is 1.82. The van der Waals surface area contributed by atoms with Crippen molar-refractivity contribution in [3.05, 3.63) is 41.7 Å². The molecule has 0 bridgehead atoms. The van der Waals surface area contributed by atoms with Crippen LogP contribution in [0, 0.1) is 6.92 Å². The summed E-state index contributed by atoms with van der Waals surface area (Å²) in [5.41, 5.74) is 8.97. The summed E-state index contributed by atoms with van der Waals surface area (Å²) < 4.78 is 2.10. The fourth-order valence-electron chi connectivity index (χ4n) is 2.31. The SMILES string of the molecule is CCC(CC)n1ccc(CSc2ccc(N)cc2C)n1. The molecule has 0 spiro atoms. The van der Waals surface area contributed by atoms with Crippen LogP contribution in [0.2, 0.25) is 0 Å². The van der Waals surface area contributed by atoms with Crippen molar-refractivity contribution < 1.29 is 0 Å². The Labute approximate surface area is 125 Å². The number of rotatable bonds is 6. The largest absolute Gasteiger partial charge is 0.399 e. The topological polar surface area (TPSA) is 43.8 Å². The average molecular weight is 289 g/mol. The van der Waals surface area contributed by atoms with Gasteiger partial charge in [0.15, 0.2) is 0 Å². The van der Waals surface area contributed by atoms with Crippen LogP contribution in [-0.4, -0.2) is 9.78 Å². The van der Waals surface area contributed by atoms with E-state index >= 15 is 0 Å². The molecule has 0 aliphatic carbocycles. The summed E-state index contributed by atoms with van der Waals surface area (Å²) in [6.45, 7) is 6.52. The van der Waals surface area contributed by atoms with E-state index in [1.54, 1.807) is 0 Å². The van der Waals surface area contributed by atoms with Gasteiger partial charge in [-0.25, -0.2) is 0 Å². The zero-order valence-corrected chi connectivity index (χ0v) is 13.3. The van der Waals surface area contributed by atoms with Crippen molar-refractivity contribution in [3.63, 3.8) is 0 Å². The van der Waals surface area contributed by atoms with E-state index in [0.717, 1.165) is 30.0 Å². The number of aryl methyl sites for hydroxylation is 1. The highest BCUT2D eigenvalue weighted by Gasteiger charge is 2.08. The third-order valence-corrected chi connectivity index (χ3v) is 4.76. The number of aromatic nitrogens is 2. The third kappa shape index (κ3) is 3.57. The maximum absolute atomic E-state index is 5.78. The van der Waals surface area contributed by atoms with Crippen LogP contribution in [0.25, 0.3) is 0 Å². The molecule has 3 nitrogen and oxygen atoms in total. The van der Waals surface area contributed by atoms with E-state index in [1.807, 2.05) is 23.9 Å².